The van der Waals surface area contributed by atoms with Crippen LogP contribution in [0.25, 0.3) is 0 Å². The fourth-order valence-corrected chi connectivity index (χ4v) is 0.945. The molecular weight excluding hydrogens is 235 g/mol. The van der Waals surface area contributed by atoms with E-state index in [9.17, 15) is 18.0 Å². The molecule has 0 fully saturated rings. The molecule has 0 aliphatic rings. The third-order valence-corrected chi connectivity index (χ3v) is 1.62. The van der Waals surface area contributed by atoms with Gasteiger partial charge in [0, 0.05) is 0 Å². The minimum Gasteiger partial charge on any atom is -0.404 e. The zero-order valence-electron chi connectivity index (χ0n) is 7.21. The van der Waals surface area contributed by atoms with Crippen molar-refractivity contribution in [3.8, 4) is 5.75 Å². The normalized spacial score (nSPS) is 11.2. The van der Waals surface area contributed by atoms with E-state index in [0.717, 1.165) is 18.3 Å². The predicted octanol–water partition coefficient (Wildman–Crippen LogP) is 2.40. The van der Waals surface area contributed by atoms with Gasteiger partial charge in [0.2, 0.25) is 0 Å². The summed E-state index contributed by atoms with van der Waals surface area (Å²) in [5.41, 5.74) is -0.000440. The Kier molecular flexibility index (Phi) is 3.52. The molecule has 0 aliphatic carbocycles. The molecule has 1 rings (SSSR count). The number of carbonyl (C=O) groups is 1. The van der Waals surface area contributed by atoms with E-state index in [1.807, 2.05) is 0 Å². The summed E-state index contributed by atoms with van der Waals surface area (Å²) in [6, 6.07) is 2.12. The largest absolute Gasteiger partial charge is 0.573 e. The summed E-state index contributed by atoms with van der Waals surface area (Å²) in [6.07, 6.45) is -3.95. The van der Waals surface area contributed by atoms with Crippen molar-refractivity contribution in [1.82, 2.24) is 4.98 Å². The molecule has 0 atom stereocenters. The van der Waals surface area contributed by atoms with Crippen LogP contribution in [0.2, 0.25) is 0 Å². The standard InChI is InChI=1S/C8H5ClF3NO2/c9-3-7(14)6-2-1-5(4-13-6)15-8(10,11)12/h1-2,4H,3H2. The van der Waals surface area contributed by atoms with Crippen molar-refractivity contribution in [2.75, 3.05) is 5.88 Å². The van der Waals surface area contributed by atoms with Gasteiger partial charge in [-0.05, 0) is 12.1 Å². The Hall–Kier alpha value is -1.30. The van der Waals surface area contributed by atoms with Gasteiger partial charge in [-0.2, -0.15) is 0 Å². The first kappa shape index (κ1) is 11.8. The molecule has 0 aromatic carbocycles. The van der Waals surface area contributed by atoms with E-state index in [4.69, 9.17) is 11.6 Å². The number of hydrogen-bond donors (Lipinski definition) is 0. The van der Waals surface area contributed by atoms with Crippen LogP contribution in [0.15, 0.2) is 18.3 Å². The fraction of sp³-hybridized carbons (Fsp3) is 0.250. The van der Waals surface area contributed by atoms with Crippen LogP contribution in [-0.2, 0) is 0 Å². The van der Waals surface area contributed by atoms with Crippen molar-refractivity contribution in [2.45, 2.75) is 6.36 Å². The van der Waals surface area contributed by atoms with E-state index in [-0.39, 0.29) is 11.6 Å². The van der Waals surface area contributed by atoms with E-state index in [1.54, 1.807) is 0 Å². The van der Waals surface area contributed by atoms with Crippen molar-refractivity contribution in [2.24, 2.45) is 0 Å². The predicted molar refractivity (Wildman–Crippen MR) is 46.0 cm³/mol. The fourth-order valence-electron chi connectivity index (χ4n) is 0.808. The molecule has 0 saturated carbocycles. The zero-order valence-corrected chi connectivity index (χ0v) is 7.97. The number of hydrogen-bond acceptors (Lipinski definition) is 3. The molecular formula is C8H5ClF3NO2. The number of pyridine rings is 1. The number of rotatable bonds is 3. The van der Waals surface area contributed by atoms with Crippen LogP contribution >= 0.6 is 11.6 Å². The second-order valence-corrected chi connectivity index (χ2v) is 2.75. The number of aromatic nitrogens is 1. The minimum atomic E-state index is -4.76. The summed E-state index contributed by atoms with van der Waals surface area (Å²) in [7, 11) is 0. The molecule has 0 saturated heterocycles. The Bertz CT molecular complexity index is 350. The van der Waals surface area contributed by atoms with Crippen molar-refractivity contribution >= 4 is 17.4 Å². The van der Waals surface area contributed by atoms with E-state index in [2.05, 4.69) is 9.72 Å². The lowest BCUT2D eigenvalue weighted by atomic mass is 10.3. The second kappa shape index (κ2) is 4.48. The number of carbonyl (C=O) groups excluding carboxylic acids is 1. The SMILES string of the molecule is O=C(CCl)c1ccc(OC(F)(F)F)cn1. The van der Waals surface area contributed by atoms with Crippen LogP contribution in [0, 0.1) is 0 Å². The Morgan fingerprint density at radius 1 is 1.47 bits per heavy atom. The monoisotopic (exact) mass is 239 g/mol. The highest BCUT2D eigenvalue weighted by Crippen LogP contribution is 2.21. The topological polar surface area (TPSA) is 39.2 Å². The second-order valence-electron chi connectivity index (χ2n) is 2.48. The maximum atomic E-state index is 11.7. The smallest absolute Gasteiger partial charge is 0.404 e. The van der Waals surface area contributed by atoms with E-state index in [0.29, 0.717) is 0 Å². The van der Waals surface area contributed by atoms with Crippen molar-refractivity contribution < 1.29 is 22.7 Å². The molecule has 7 heteroatoms. The van der Waals surface area contributed by atoms with Crippen LogP contribution < -0.4 is 4.74 Å². The van der Waals surface area contributed by atoms with E-state index >= 15 is 0 Å². The third-order valence-electron chi connectivity index (χ3n) is 1.38. The number of halogens is 4. The lowest BCUT2D eigenvalue weighted by Gasteiger charge is -2.07. The molecule has 0 spiro atoms. The Labute approximate surface area is 87.8 Å². The lowest BCUT2D eigenvalue weighted by molar-refractivity contribution is -0.274. The number of ether oxygens (including phenoxy) is 1. The number of ketones is 1. The summed E-state index contributed by atoms with van der Waals surface area (Å²) >= 11 is 5.23. The van der Waals surface area contributed by atoms with E-state index < -0.39 is 17.9 Å². The molecule has 1 aromatic heterocycles. The minimum absolute atomic E-state index is 0.000440. The molecule has 0 unspecified atom stereocenters. The number of Topliss-reactive ketones (excluding diaryl/α,β-unsaturated/α-hetero) is 1. The Morgan fingerprint density at radius 3 is 2.53 bits per heavy atom. The van der Waals surface area contributed by atoms with Crippen LogP contribution in [0.1, 0.15) is 10.5 Å². The first-order valence-electron chi connectivity index (χ1n) is 3.73. The van der Waals surface area contributed by atoms with Gasteiger partial charge in [0.1, 0.15) is 11.4 Å². The summed E-state index contributed by atoms with van der Waals surface area (Å²) < 4.78 is 38.7. The quantitative estimate of drug-likeness (QED) is 0.601. The van der Waals surface area contributed by atoms with Gasteiger partial charge in [-0.1, -0.05) is 0 Å². The van der Waals surface area contributed by atoms with Gasteiger partial charge in [-0.3, -0.25) is 4.79 Å². The molecule has 0 radical (unpaired) electrons. The molecule has 1 heterocycles. The van der Waals surface area contributed by atoms with Gasteiger partial charge in [0.05, 0.1) is 12.1 Å². The highest BCUT2D eigenvalue weighted by atomic mass is 35.5. The lowest BCUT2D eigenvalue weighted by Crippen LogP contribution is -2.17. The van der Waals surface area contributed by atoms with Crippen molar-refractivity contribution in [3.63, 3.8) is 0 Å². The van der Waals surface area contributed by atoms with Gasteiger partial charge in [0.15, 0.2) is 5.78 Å². The third kappa shape index (κ3) is 3.75. The average Bonchev–Trinajstić information content (AvgIpc) is 2.15. The maximum Gasteiger partial charge on any atom is 0.573 e. The molecule has 0 aliphatic heterocycles. The summed E-state index contributed by atoms with van der Waals surface area (Å²) in [5, 5.41) is 0. The zero-order chi connectivity index (χ0) is 11.5. The first-order chi connectivity index (χ1) is 6.92. The number of alkyl halides is 4. The molecule has 0 amide bonds. The molecule has 15 heavy (non-hydrogen) atoms. The highest BCUT2D eigenvalue weighted by molar-refractivity contribution is 6.30. The Morgan fingerprint density at radius 2 is 2.13 bits per heavy atom. The number of nitrogens with zero attached hydrogens (tertiary/aromatic N) is 1. The van der Waals surface area contributed by atoms with Crippen molar-refractivity contribution in [1.29, 1.82) is 0 Å². The highest BCUT2D eigenvalue weighted by Gasteiger charge is 2.31. The molecule has 0 N–H and O–H groups in total. The van der Waals surface area contributed by atoms with Gasteiger partial charge in [-0.25, -0.2) is 4.98 Å². The van der Waals surface area contributed by atoms with Crippen LogP contribution in [0.3, 0.4) is 0 Å². The summed E-state index contributed by atoms with van der Waals surface area (Å²) in [6.45, 7) is 0. The van der Waals surface area contributed by atoms with Gasteiger partial charge >= 0.3 is 6.36 Å². The average molecular weight is 240 g/mol. The first-order valence-corrected chi connectivity index (χ1v) is 4.27. The van der Waals surface area contributed by atoms with Crippen LogP contribution in [-0.4, -0.2) is 23.0 Å². The van der Waals surface area contributed by atoms with Crippen molar-refractivity contribution in [3.05, 3.63) is 24.0 Å². The van der Waals surface area contributed by atoms with Crippen LogP contribution in [0.4, 0.5) is 13.2 Å². The Balaban J connectivity index is 2.77. The van der Waals surface area contributed by atoms with E-state index in [1.165, 1.54) is 0 Å². The van der Waals surface area contributed by atoms with Gasteiger partial charge < -0.3 is 4.74 Å². The molecule has 82 valence electrons. The van der Waals surface area contributed by atoms with Gasteiger partial charge in [-0.15, -0.1) is 24.8 Å². The van der Waals surface area contributed by atoms with Gasteiger partial charge in [0.25, 0.3) is 0 Å². The summed E-state index contributed by atoms with van der Waals surface area (Å²) in [4.78, 5) is 14.4. The summed E-state index contributed by atoms with van der Waals surface area (Å²) in [5.74, 6) is -1.21. The molecule has 1 aromatic rings. The molecule has 0 bridgehead atoms. The molecule has 3 nitrogen and oxygen atoms in total. The van der Waals surface area contributed by atoms with Crippen LogP contribution in [0.5, 0.6) is 5.75 Å². The maximum absolute atomic E-state index is 11.7.